The monoisotopic (exact) mass is 824 g/mol. The van der Waals surface area contributed by atoms with Crippen molar-refractivity contribution in [1.82, 2.24) is 0 Å². The summed E-state index contributed by atoms with van der Waals surface area (Å²) in [6, 6.07) is 14.4. The lowest BCUT2D eigenvalue weighted by Gasteiger charge is -2.22. The lowest BCUT2D eigenvalue weighted by atomic mass is 10.1. The fourth-order valence-corrected chi connectivity index (χ4v) is 5.96. The van der Waals surface area contributed by atoms with E-state index in [-0.39, 0.29) is 129 Å². The van der Waals surface area contributed by atoms with Crippen molar-refractivity contribution < 1.29 is 57.2 Å². The Morgan fingerprint density at radius 2 is 0.717 bits per heavy atom. The molecule has 0 aromatic heterocycles. The Balaban J connectivity index is 1.83. The summed E-state index contributed by atoms with van der Waals surface area (Å²) in [5, 5.41) is 11.3. The lowest BCUT2D eigenvalue weighted by molar-refractivity contribution is -0.117. The molecule has 0 aliphatic carbocycles. The number of nitrogens with one attached hydrogen (secondary N) is 4. The van der Waals surface area contributed by atoms with Gasteiger partial charge in [-0.1, -0.05) is 27.7 Å². The van der Waals surface area contributed by atoms with Gasteiger partial charge in [0.1, 0.15) is 34.1 Å². The van der Waals surface area contributed by atoms with Crippen molar-refractivity contribution in [3.63, 3.8) is 0 Å². The van der Waals surface area contributed by atoms with E-state index in [1.54, 1.807) is 0 Å². The van der Waals surface area contributed by atoms with E-state index in [4.69, 9.17) is 28.4 Å². The number of anilines is 4. The Kier molecular flexibility index (Phi) is 15.1. The van der Waals surface area contributed by atoms with Crippen LogP contribution in [0.5, 0.6) is 46.0 Å². The van der Waals surface area contributed by atoms with E-state index in [1.165, 1.54) is 74.9 Å². The highest BCUT2D eigenvalue weighted by Gasteiger charge is 2.25. The van der Waals surface area contributed by atoms with E-state index in [0.717, 1.165) is 0 Å². The van der Waals surface area contributed by atoms with Gasteiger partial charge in [-0.05, 0) is 62.1 Å². The zero-order valence-corrected chi connectivity index (χ0v) is 34.3. The van der Waals surface area contributed by atoms with Gasteiger partial charge in [0.05, 0.1) is 37.0 Å². The van der Waals surface area contributed by atoms with Crippen molar-refractivity contribution >= 4 is 58.3 Å². The topological polar surface area (TPSA) is 206 Å². The molecule has 4 N–H and O–H groups in total. The van der Waals surface area contributed by atoms with E-state index in [2.05, 4.69) is 21.3 Å². The van der Waals surface area contributed by atoms with Crippen molar-refractivity contribution in [2.24, 2.45) is 0 Å². The molecule has 4 amide bonds. The van der Waals surface area contributed by atoms with E-state index >= 15 is 0 Å². The highest BCUT2D eigenvalue weighted by Crippen LogP contribution is 2.46. The fraction of sp³-hybridized carbons (Fsp3) is 0.318. The number of methoxy groups -OCH3 is 2. The third kappa shape index (κ3) is 11.1. The Labute approximate surface area is 347 Å². The Morgan fingerprint density at radius 3 is 1.00 bits per heavy atom. The molecule has 1 aliphatic rings. The van der Waals surface area contributed by atoms with Gasteiger partial charge < -0.3 is 49.7 Å². The second-order valence-electron chi connectivity index (χ2n) is 13.6. The van der Waals surface area contributed by atoms with Gasteiger partial charge in [0.25, 0.3) is 0 Å². The first-order valence-electron chi connectivity index (χ1n) is 19.6. The van der Waals surface area contributed by atoms with Crippen LogP contribution >= 0.6 is 0 Å². The summed E-state index contributed by atoms with van der Waals surface area (Å²) in [7, 11) is 2.40. The highest BCUT2D eigenvalue weighted by molar-refractivity contribution is 5.99. The quantitative estimate of drug-likeness (QED) is 0.0773. The average Bonchev–Trinajstić information content (AvgIpc) is 3.20. The van der Waals surface area contributed by atoms with Crippen LogP contribution in [0.25, 0.3) is 0 Å². The summed E-state index contributed by atoms with van der Waals surface area (Å²) in [5.41, 5.74) is 0.512. The molecule has 0 spiro atoms. The van der Waals surface area contributed by atoms with Crippen LogP contribution in [-0.4, -0.2) is 49.8 Å². The Bertz CT molecular complexity index is 2140. The molecule has 0 atom stereocenters. The van der Waals surface area contributed by atoms with E-state index < -0.39 is 11.9 Å². The summed E-state index contributed by atoms with van der Waals surface area (Å²) in [6.07, 6.45) is 2.85. The van der Waals surface area contributed by atoms with E-state index in [9.17, 15) is 28.8 Å². The summed E-state index contributed by atoms with van der Waals surface area (Å²) in [4.78, 5) is 78.4. The fourth-order valence-electron chi connectivity index (χ4n) is 5.96. The molecular weight excluding hydrogens is 776 g/mol. The minimum atomic E-state index is -0.766. The van der Waals surface area contributed by atoms with Crippen LogP contribution < -0.4 is 40.2 Å². The van der Waals surface area contributed by atoms with Crippen LogP contribution in [0.15, 0.2) is 60.7 Å². The maximum Gasteiger partial charge on any atom is 0.341 e. The number of carbonyl (C=O) groups excluding carboxylic acids is 6. The average molecular weight is 825 g/mol. The standard InChI is InChI=1S/C44H48N4O12/c1-7-11-39(49)45-29-21-30(46-40(50)12-8-2)36-23-35(29)57-25-15-17-27(43(53)55-5)33(19-25)59-37-24-38(60-34-20-26(58-36)16-18-28(34)44(54)56-6)32(48-42(52)14-10-4)22-31(37)47-41(51)13-9-3/h15-24H,7-14H2,1-6H3,(H,45,49)(H,46,50)(H,47,51)(H,48,52). The van der Waals surface area contributed by atoms with Crippen LogP contribution in [0.4, 0.5) is 22.7 Å². The molecule has 0 unspecified atom stereocenters. The molecule has 0 saturated carbocycles. The largest absolute Gasteiger partial charge is 0.465 e. The molecule has 5 rings (SSSR count). The Morgan fingerprint density at radius 1 is 0.417 bits per heavy atom. The van der Waals surface area contributed by atoms with Gasteiger partial charge >= 0.3 is 11.9 Å². The zero-order valence-electron chi connectivity index (χ0n) is 34.3. The third-order valence-electron chi connectivity index (χ3n) is 8.78. The number of amides is 4. The number of rotatable bonds is 14. The van der Waals surface area contributed by atoms with Gasteiger partial charge in [0.15, 0.2) is 23.0 Å². The maximum atomic E-state index is 13.1. The van der Waals surface area contributed by atoms with Crippen molar-refractivity contribution in [1.29, 1.82) is 0 Å². The number of carbonyl (C=O) groups is 6. The number of hydrogen-bond donors (Lipinski definition) is 4. The summed E-state index contributed by atoms with van der Waals surface area (Å²) in [6.45, 7) is 7.38. The van der Waals surface area contributed by atoms with Crippen molar-refractivity contribution in [2.45, 2.75) is 79.1 Å². The molecule has 60 heavy (non-hydrogen) atoms. The van der Waals surface area contributed by atoms with Gasteiger partial charge in [-0.25, -0.2) is 9.59 Å². The normalized spacial score (nSPS) is 11.3. The number of ether oxygens (including phenoxy) is 6. The number of benzene rings is 4. The third-order valence-corrected chi connectivity index (χ3v) is 8.78. The summed E-state index contributed by atoms with van der Waals surface area (Å²) < 4.78 is 35.8. The van der Waals surface area contributed by atoms with Gasteiger partial charge in [-0.15, -0.1) is 0 Å². The molecule has 16 nitrogen and oxygen atoms in total. The smallest absolute Gasteiger partial charge is 0.341 e. The highest BCUT2D eigenvalue weighted by atomic mass is 16.5. The SMILES string of the molecule is CCCC(=O)Nc1cc(NC(=O)CCC)c2cc1Oc1ccc(C(=O)OC)c(c1)Oc1cc(c(NC(=O)CCC)cc1NC(=O)CCC)Oc1cc(ccc1C(=O)OC)O2. The van der Waals surface area contributed by atoms with Crippen LogP contribution in [0, 0.1) is 0 Å². The van der Waals surface area contributed by atoms with Crippen LogP contribution in [-0.2, 0) is 28.7 Å². The minimum absolute atomic E-state index is 0.0326. The van der Waals surface area contributed by atoms with Gasteiger partial charge in [-0.3, -0.25) is 19.2 Å². The molecule has 316 valence electrons. The molecule has 1 aliphatic heterocycles. The van der Waals surface area contributed by atoms with Crippen LogP contribution in [0.1, 0.15) is 99.8 Å². The minimum Gasteiger partial charge on any atom is -0.465 e. The molecule has 4 aromatic rings. The summed E-state index contributed by atoms with van der Waals surface area (Å²) in [5.74, 6) is -2.73. The first kappa shape index (κ1) is 44.0. The number of esters is 2. The van der Waals surface area contributed by atoms with Gasteiger partial charge in [0, 0.05) is 49.9 Å². The first-order valence-corrected chi connectivity index (χ1v) is 19.6. The van der Waals surface area contributed by atoms with Crippen molar-refractivity contribution in [2.75, 3.05) is 35.5 Å². The predicted octanol–water partition coefficient (Wildman–Crippen LogP) is 9.70. The van der Waals surface area contributed by atoms with Gasteiger partial charge in [-0.2, -0.15) is 0 Å². The molecule has 16 heteroatoms. The predicted molar refractivity (Wildman–Crippen MR) is 223 cm³/mol. The molecule has 1 heterocycles. The van der Waals surface area contributed by atoms with Crippen LogP contribution in [0.3, 0.4) is 0 Å². The molecule has 0 fully saturated rings. The van der Waals surface area contributed by atoms with Crippen molar-refractivity contribution in [3.05, 3.63) is 71.8 Å². The van der Waals surface area contributed by atoms with Gasteiger partial charge in [0.2, 0.25) is 23.6 Å². The molecule has 8 bridgehead atoms. The first-order chi connectivity index (χ1) is 28.9. The zero-order chi connectivity index (χ0) is 43.3. The molecular formula is C44H48N4O12. The second-order valence-corrected chi connectivity index (χ2v) is 13.6. The molecule has 0 radical (unpaired) electrons. The Hall–Kier alpha value is -7.10. The number of hydrogen-bond acceptors (Lipinski definition) is 12. The lowest BCUT2D eigenvalue weighted by Crippen LogP contribution is -2.15. The second kappa shape index (κ2) is 20.5. The maximum absolute atomic E-state index is 13.1. The van der Waals surface area contributed by atoms with Crippen LogP contribution in [0.2, 0.25) is 0 Å². The van der Waals surface area contributed by atoms with Crippen molar-refractivity contribution in [3.8, 4) is 46.0 Å². The molecule has 4 aromatic carbocycles. The summed E-state index contributed by atoms with van der Waals surface area (Å²) >= 11 is 0. The van der Waals surface area contributed by atoms with E-state index in [0.29, 0.717) is 25.7 Å². The van der Waals surface area contributed by atoms with E-state index in [1.807, 2.05) is 27.7 Å². The molecule has 0 saturated heterocycles. The number of fused-ring (bicyclic) bond motifs is 8.